The molecule has 0 fully saturated rings. The number of nitrogens with zero attached hydrogens (tertiary/aromatic N) is 2. The van der Waals surface area contributed by atoms with Crippen molar-refractivity contribution in [2.75, 3.05) is 24.6 Å². The quantitative estimate of drug-likeness (QED) is 0.834. The fraction of sp³-hybridized carbons (Fsp3) is 0.286. The number of rotatable bonds is 2. The topological polar surface area (TPSA) is 71.2 Å². The van der Waals surface area contributed by atoms with E-state index in [9.17, 15) is 9.18 Å². The standard InChI is InChI=1S/C14H15FN4OS/c1-19-5-4-11-12(7-19)21-14(17-11)18-13(20)9-6-8(15)2-3-10(9)16/h2-3,6H,4-5,7,16H2,1H3,(H,17,18,20). The summed E-state index contributed by atoms with van der Waals surface area (Å²) < 4.78 is 13.2. The number of likely N-dealkylation sites (N-methyl/N-ethyl adjacent to an activating group) is 1. The van der Waals surface area contributed by atoms with Crippen LogP contribution in [0.4, 0.5) is 15.2 Å². The average molecular weight is 306 g/mol. The van der Waals surface area contributed by atoms with Gasteiger partial charge in [0.05, 0.1) is 11.3 Å². The molecule has 0 spiro atoms. The molecule has 110 valence electrons. The molecule has 0 atom stereocenters. The molecule has 0 unspecified atom stereocenters. The first kappa shape index (κ1) is 14.0. The van der Waals surface area contributed by atoms with Gasteiger partial charge in [-0.3, -0.25) is 10.1 Å². The summed E-state index contributed by atoms with van der Waals surface area (Å²) in [7, 11) is 2.05. The van der Waals surface area contributed by atoms with Crippen molar-refractivity contribution in [3.63, 3.8) is 0 Å². The lowest BCUT2D eigenvalue weighted by Gasteiger charge is -2.20. The van der Waals surface area contributed by atoms with E-state index in [1.807, 2.05) is 7.05 Å². The number of amides is 1. The van der Waals surface area contributed by atoms with Gasteiger partial charge in [-0.05, 0) is 25.2 Å². The summed E-state index contributed by atoms with van der Waals surface area (Å²) in [4.78, 5) is 20.0. The smallest absolute Gasteiger partial charge is 0.259 e. The molecule has 1 aliphatic rings. The number of carbonyl (C=O) groups excluding carboxylic acids is 1. The van der Waals surface area contributed by atoms with Crippen LogP contribution in [0.2, 0.25) is 0 Å². The van der Waals surface area contributed by atoms with Gasteiger partial charge in [0, 0.05) is 30.1 Å². The van der Waals surface area contributed by atoms with E-state index < -0.39 is 11.7 Å². The molecule has 5 nitrogen and oxygen atoms in total. The second-order valence-corrected chi connectivity index (χ2v) is 6.15. The molecule has 1 amide bonds. The van der Waals surface area contributed by atoms with Crippen molar-refractivity contribution in [2.45, 2.75) is 13.0 Å². The van der Waals surface area contributed by atoms with Crippen LogP contribution < -0.4 is 11.1 Å². The third-order valence-electron chi connectivity index (χ3n) is 3.40. The van der Waals surface area contributed by atoms with Crippen molar-refractivity contribution in [1.82, 2.24) is 9.88 Å². The number of hydrogen-bond donors (Lipinski definition) is 2. The Hall–Kier alpha value is -1.99. The molecule has 2 heterocycles. The first-order valence-electron chi connectivity index (χ1n) is 6.56. The summed E-state index contributed by atoms with van der Waals surface area (Å²) in [5.74, 6) is -0.930. The molecular formula is C14H15FN4OS. The Bertz CT molecular complexity index is 700. The summed E-state index contributed by atoms with van der Waals surface area (Å²) in [5.41, 5.74) is 7.11. The van der Waals surface area contributed by atoms with Crippen LogP contribution >= 0.6 is 11.3 Å². The van der Waals surface area contributed by atoms with Crippen LogP contribution in [-0.2, 0) is 13.0 Å². The van der Waals surface area contributed by atoms with Crippen LogP contribution in [0.5, 0.6) is 0 Å². The molecular weight excluding hydrogens is 291 g/mol. The monoisotopic (exact) mass is 306 g/mol. The first-order chi connectivity index (χ1) is 10.0. The predicted molar refractivity (Wildman–Crippen MR) is 80.9 cm³/mol. The molecule has 7 heteroatoms. The largest absolute Gasteiger partial charge is 0.398 e. The number of anilines is 2. The zero-order chi connectivity index (χ0) is 15.0. The van der Waals surface area contributed by atoms with Gasteiger partial charge in [0.2, 0.25) is 0 Å². The highest BCUT2D eigenvalue weighted by atomic mass is 32.1. The lowest BCUT2D eigenvalue weighted by molar-refractivity contribution is 0.102. The van der Waals surface area contributed by atoms with E-state index in [0.29, 0.717) is 5.13 Å². The SMILES string of the molecule is CN1CCc2nc(NC(=O)c3cc(F)ccc3N)sc2C1. The molecule has 3 rings (SSSR count). The van der Waals surface area contributed by atoms with Crippen molar-refractivity contribution >= 4 is 28.1 Å². The van der Waals surface area contributed by atoms with Crippen LogP contribution in [0.25, 0.3) is 0 Å². The number of nitrogens with one attached hydrogen (secondary N) is 1. The highest BCUT2D eigenvalue weighted by Crippen LogP contribution is 2.28. The maximum Gasteiger partial charge on any atom is 0.259 e. The van der Waals surface area contributed by atoms with E-state index in [4.69, 9.17) is 5.73 Å². The third kappa shape index (κ3) is 2.88. The van der Waals surface area contributed by atoms with Gasteiger partial charge in [-0.15, -0.1) is 11.3 Å². The maximum absolute atomic E-state index is 13.2. The number of halogens is 1. The molecule has 0 radical (unpaired) electrons. The van der Waals surface area contributed by atoms with E-state index >= 15 is 0 Å². The molecule has 1 aliphatic heterocycles. The van der Waals surface area contributed by atoms with Gasteiger partial charge in [0.1, 0.15) is 5.82 Å². The lowest BCUT2D eigenvalue weighted by Crippen LogP contribution is -2.25. The molecule has 1 aromatic heterocycles. The summed E-state index contributed by atoms with van der Waals surface area (Å²) in [6, 6.07) is 3.74. The molecule has 1 aromatic carbocycles. The van der Waals surface area contributed by atoms with Gasteiger partial charge in [0.15, 0.2) is 5.13 Å². The third-order valence-corrected chi connectivity index (χ3v) is 4.40. The fourth-order valence-corrected chi connectivity index (χ4v) is 3.35. The normalized spacial score (nSPS) is 14.8. The molecule has 0 aliphatic carbocycles. The molecule has 21 heavy (non-hydrogen) atoms. The Morgan fingerprint density at radius 1 is 1.52 bits per heavy atom. The minimum absolute atomic E-state index is 0.125. The Balaban J connectivity index is 1.80. The molecule has 0 saturated heterocycles. The summed E-state index contributed by atoms with van der Waals surface area (Å²) >= 11 is 1.45. The Morgan fingerprint density at radius 3 is 3.14 bits per heavy atom. The predicted octanol–water partition coefficient (Wildman–Crippen LogP) is 2.10. The van der Waals surface area contributed by atoms with Gasteiger partial charge in [0.25, 0.3) is 5.91 Å². The molecule has 0 saturated carbocycles. The number of aromatic nitrogens is 1. The summed E-state index contributed by atoms with van der Waals surface area (Å²) in [5, 5.41) is 3.23. The van der Waals surface area contributed by atoms with E-state index in [-0.39, 0.29) is 11.3 Å². The van der Waals surface area contributed by atoms with Crippen LogP contribution in [-0.4, -0.2) is 29.4 Å². The number of nitrogens with two attached hydrogens (primary N) is 1. The van der Waals surface area contributed by atoms with Gasteiger partial charge < -0.3 is 10.6 Å². The number of nitrogen functional groups attached to an aromatic ring is 1. The van der Waals surface area contributed by atoms with Crippen molar-refractivity contribution in [3.8, 4) is 0 Å². The number of carbonyl (C=O) groups is 1. The van der Waals surface area contributed by atoms with Crippen LogP contribution in [0.3, 0.4) is 0 Å². The second kappa shape index (κ2) is 5.42. The zero-order valence-electron chi connectivity index (χ0n) is 11.5. The summed E-state index contributed by atoms with van der Waals surface area (Å²) in [6.07, 6.45) is 0.875. The van der Waals surface area contributed by atoms with Gasteiger partial charge >= 0.3 is 0 Å². The second-order valence-electron chi connectivity index (χ2n) is 5.06. The Morgan fingerprint density at radius 2 is 2.33 bits per heavy atom. The first-order valence-corrected chi connectivity index (χ1v) is 7.38. The molecule has 2 aromatic rings. The zero-order valence-corrected chi connectivity index (χ0v) is 12.3. The van der Waals surface area contributed by atoms with Gasteiger partial charge in [-0.25, -0.2) is 9.37 Å². The minimum atomic E-state index is -0.491. The van der Waals surface area contributed by atoms with E-state index in [1.54, 1.807) is 0 Å². The van der Waals surface area contributed by atoms with Gasteiger partial charge in [-0.1, -0.05) is 0 Å². The Kier molecular flexibility index (Phi) is 3.60. The summed E-state index contributed by atoms with van der Waals surface area (Å²) in [6.45, 7) is 1.80. The van der Waals surface area contributed by atoms with E-state index in [2.05, 4.69) is 15.2 Å². The van der Waals surface area contributed by atoms with Crippen molar-refractivity contribution in [2.24, 2.45) is 0 Å². The van der Waals surface area contributed by atoms with Crippen molar-refractivity contribution in [1.29, 1.82) is 0 Å². The average Bonchev–Trinajstić information content (AvgIpc) is 2.82. The fourth-order valence-electron chi connectivity index (χ4n) is 2.27. The van der Waals surface area contributed by atoms with Crippen molar-refractivity contribution < 1.29 is 9.18 Å². The number of thiazole rings is 1. The Labute approximate surface area is 125 Å². The highest BCUT2D eigenvalue weighted by Gasteiger charge is 2.20. The molecule has 0 bridgehead atoms. The number of fused-ring (bicyclic) bond motifs is 1. The van der Waals surface area contributed by atoms with E-state index in [1.165, 1.54) is 23.5 Å². The van der Waals surface area contributed by atoms with Gasteiger partial charge in [-0.2, -0.15) is 0 Å². The lowest BCUT2D eigenvalue weighted by atomic mass is 10.1. The number of benzene rings is 1. The van der Waals surface area contributed by atoms with Crippen molar-refractivity contribution in [3.05, 3.63) is 40.2 Å². The van der Waals surface area contributed by atoms with Crippen LogP contribution in [0.1, 0.15) is 20.9 Å². The number of hydrogen-bond acceptors (Lipinski definition) is 5. The van der Waals surface area contributed by atoms with E-state index in [0.717, 1.165) is 36.1 Å². The van der Waals surface area contributed by atoms with Crippen LogP contribution in [0, 0.1) is 5.82 Å². The minimum Gasteiger partial charge on any atom is -0.398 e. The highest BCUT2D eigenvalue weighted by molar-refractivity contribution is 7.15. The molecule has 3 N–H and O–H groups in total. The van der Waals surface area contributed by atoms with Crippen LogP contribution in [0.15, 0.2) is 18.2 Å². The maximum atomic E-state index is 13.2.